The molecule has 0 bridgehead atoms. The molecule has 1 heterocycles. The molecule has 0 aliphatic carbocycles. The van der Waals surface area contributed by atoms with E-state index in [2.05, 4.69) is 17.2 Å². The summed E-state index contributed by atoms with van der Waals surface area (Å²) in [6, 6.07) is 11.0. The molecule has 2 unspecified atom stereocenters. The molecule has 1 aromatic heterocycles. The zero-order valence-electron chi connectivity index (χ0n) is 10.6. The fourth-order valence-electron chi connectivity index (χ4n) is 2.00. The van der Waals surface area contributed by atoms with Crippen LogP contribution in [0.2, 0.25) is 0 Å². The van der Waals surface area contributed by atoms with Crippen LogP contribution in [0.15, 0.2) is 48.8 Å². The predicted octanol–water partition coefficient (Wildman–Crippen LogP) is 3.63. The molecule has 0 radical (unpaired) electrons. The van der Waals surface area contributed by atoms with Gasteiger partial charge in [0.2, 0.25) is 0 Å². The second-order valence-corrected chi connectivity index (χ2v) is 4.45. The van der Waals surface area contributed by atoms with Crippen molar-refractivity contribution in [2.24, 2.45) is 0 Å². The van der Waals surface area contributed by atoms with Crippen LogP contribution in [-0.4, -0.2) is 4.98 Å². The maximum atomic E-state index is 13.2. The zero-order valence-corrected chi connectivity index (χ0v) is 10.6. The minimum Gasteiger partial charge on any atom is -0.304 e. The summed E-state index contributed by atoms with van der Waals surface area (Å²) < 4.78 is 13.2. The van der Waals surface area contributed by atoms with E-state index in [1.807, 2.05) is 25.1 Å². The van der Waals surface area contributed by atoms with Crippen molar-refractivity contribution >= 4 is 0 Å². The fraction of sp³-hybridized carbons (Fsp3) is 0.267. The van der Waals surface area contributed by atoms with Crippen molar-refractivity contribution in [3.05, 3.63) is 65.7 Å². The summed E-state index contributed by atoms with van der Waals surface area (Å²) in [5.74, 6) is -0.197. The van der Waals surface area contributed by atoms with Gasteiger partial charge in [-0.1, -0.05) is 12.1 Å². The predicted molar refractivity (Wildman–Crippen MR) is 70.6 cm³/mol. The number of hydrogen-bond donors (Lipinski definition) is 1. The summed E-state index contributed by atoms with van der Waals surface area (Å²) in [6.07, 6.45) is 3.56. The molecule has 0 saturated carbocycles. The van der Waals surface area contributed by atoms with E-state index in [4.69, 9.17) is 0 Å². The molecule has 18 heavy (non-hydrogen) atoms. The van der Waals surface area contributed by atoms with Gasteiger partial charge in [0.15, 0.2) is 0 Å². The van der Waals surface area contributed by atoms with Gasteiger partial charge in [-0.2, -0.15) is 0 Å². The molecular formula is C15H17FN2. The van der Waals surface area contributed by atoms with Crippen molar-refractivity contribution in [1.29, 1.82) is 0 Å². The number of nitrogens with one attached hydrogen (secondary N) is 1. The van der Waals surface area contributed by atoms with E-state index in [-0.39, 0.29) is 17.9 Å². The van der Waals surface area contributed by atoms with Gasteiger partial charge in [0, 0.05) is 24.5 Å². The number of halogens is 1. The summed E-state index contributed by atoms with van der Waals surface area (Å²) in [5, 5.41) is 3.45. The Morgan fingerprint density at radius 1 is 1.00 bits per heavy atom. The van der Waals surface area contributed by atoms with Gasteiger partial charge in [-0.05, 0) is 49.2 Å². The molecule has 1 aromatic carbocycles. The number of benzene rings is 1. The summed E-state index contributed by atoms with van der Waals surface area (Å²) in [6.45, 7) is 4.12. The molecule has 94 valence electrons. The molecule has 2 aromatic rings. The van der Waals surface area contributed by atoms with Gasteiger partial charge in [0.25, 0.3) is 0 Å². The first-order chi connectivity index (χ1) is 8.66. The van der Waals surface area contributed by atoms with Crippen molar-refractivity contribution in [2.75, 3.05) is 0 Å². The zero-order chi connectivity index (χ0) is 13.0. The lowest BCUT2D eigenvalue weighted by Gasteiger charge is -2.20. The second kappa shape index (κ2) is 5.74. The smallest absolute Gasteiger partial charge is 0.123 e. The normalized spacial score (nSPS) is 14.2. The fourth-order valence-corrected chi connectivity index (χ4v) is 2.00. The molecule has 0 spiro atoms. The third kappa shape index (κ3) is 3.14. The molecule has 0 aliphatic heterocycles. The maximum absolute atomic E-state index is 13.2. The molecule has 0 fully saturated rings. The topological polar surface area (TPSA) is 24.9 Å². The summed E-state index contributed by atoms with van der Waals surface area (Å²) >= 11 is 0. The molecule has 2 rings (SSSR count). The highest BCUT2D eigenvalue weighted by atomic mass is 19.1. The van der Waals surface area contributed by atoms with E-state index in [9.17, 15) is 4.39 Å². The van der Waals surface area contributed by atoms with Crippen LogP contribution in [0.5, 0.6) is 0 Å². The van der Waals surface area contributed by atoms with Crippen LogP contribution in [0, 0.1) is 5.82 Å². The van der Waals surface area contributed by atoms with Crippen LogP contribution < -0.4 is 5.32 Å². The molecule has 2 nitrogen and oxygen atoms in total. The molecule has 3 heteroatoms. The van der Waals surface area contributed by atoms with Crippen LogP contribution in [0.3, 0.4) is 0 Å². The first-order valence-corrected chi connectivity index (χ1v) is 6.08. The second-order valence-electron chi connectivity index (χ2n) is 4.45. The molecule has 2 atom stereocenters. The van der Waals surface area contributed by atoms with Crippen LogP contribution in [0.25, 0.3) is 0 Å². The molecule has 0 amide bonds. The average molecular weight is 244 g/mol. The van der Waals surface area contributed by atoms with Crippen LogP contribution in [0.4, 0.5) is 4.39 Å². The number of pyridine rings is 1. The van der Waals surface area contributed by atoms with Crippen LogP contribution >= 0.6 is 0 Å². The Bertz CT molecular complexity index is 499. The van der Waals surface area contributed by atoms with E-state index in [0.29, 0.717) is 0 Å². The van der Waals surface area contributed by atoms with Crippen LogP contribution in [0.1, 0.15) is 37.1 Å². The Morgan fingerprint density at radius 2 is 1.67 bits per heavy atom. The first kappa shape index (κ1) is 12.7. The molecule has 0 aliphatic rings. The van der Waals surface area contributed by atoms with Gasteiger partial charge >= 0.3 is 0 Å². The monoisotopic (exact) mass is 244 g/mol. The first-order valence-electron chi connectivity index (χ1n) is 6.08. The minimum atomic E-state index is -0.197. The largest absolute Gasteiger partial charge is 0.304 e. The average Bonchev–Trinajstić information content (AvgIpc) is 2.39. The van der Waals surface area contributed by atoms with Crippen LogP contribution in [-0.2, 0) is 0 Å². The van der Waals surface area contributed by atoms with E-state index < -0.39 is 0 Å². The Labute approximate surface area is 107 Å². The quantitative estimate of drug-likeness (QED) is 0.888. The SMILES string of the molecule is CC(NC(C)c1cccc(F)c1)c1ccncc1. The minimum absolute atomic E-state index is 0.101. The van der Waals surface area contributed by atoms with Crippen molar-refractivity contribution in [3.63, 3.8) is 0 Å². The highest BCUT2D eigenvalue weighted by molar-refractivity contribution is 5.21. The van der Waals surface area contributed by atoms with Gasteiger partial charge in [0.05, 0.1) is 0 Å². The van der Waals surface area contributed by atoms with E-state index in [1.54, 1.807) is 24.5 Å². The number of rotatable bonds is 4. The molecule has 0 saturated heterocycles. The van der Waals surface area contributed by atoms with Gasteiger partial charge in [0.1, 0.15) is 5.82 Å². The third-order valence-corrected chi connectivity index (χ3v) is 3.05. The van der Waals surface area contributed by atoms with Gasteiger partial charge in [-0.25, -0.2) is 4.39 Å². The number of aromatic nitrogens is 1. The number of hydrogen-bond acceptors (Lipinski definition) is 2. The molecular weight excluding hydrogens is 227 g/mol. The van der Waals surface area contributed by atoms with Gasteiger partial charge in [-0.3, -0.25) is 4.98 Å². The van der Waals surface area contributed by atoms with E-state index in [1.165, 1.54) is 11.6 Å². The highest BCUT2D eigenvalue weighted by Gasteiger charge is 2.11. The highest BCUT2D eigenvalue weighted by Crippen LogP contribution is 2.19. The van der Waals surface area contributed by atoms with Crippen molar-refractivity contribution in [1.82, 2.24) is 10.3 Å². The Kier molecular flexibility index (Phi) is 4.05. The van der Waals surface area contributed by atoms with Crippen molar-refractivity contribution < 1.29 is 4.39 Å². The Morgan fingerprint density at radius 3 is 2.33 bits per heavy atom. The summed E-state index contributed by atoms with van der Waals surface area (Å²) in [4.78, 5) is 4.00. The Balaban J connectivity index is 2.05. The van der Waals surface area contributed by atoms with E-state index >= 15 is 0 Å². The lowest BCUT2D eigenvalue weighted by atomic mass is 10.1. The van der Waals surface area contributed by atoms with Gasteiger partial charge < -0.3 is 5.32 Å². The third-order valence-electron chi connectivity index (χ3n) is 3.05. The molecule has 1 N–H and O–H groups in total. The maximum Gasteiger partial charge on any atom is 0.123 e. The van der Waals surface area contributed by atoms with Crippen molar-refractivity contribution in [2.45, 2.75) is 25.9 Å². The lowest BCUT2D eigenvalue weighted by Crippen LogP contribution is -2.22. The Hall–Kier alpha value is -1.74. The number of nitrogens with zero attached hydrogens (tertiary/aromatic N) is 1. The standard InChI is InChI=1S/C15H17FN2/c1-11(13-6-8-17-9-7-13)18-12(2)14-4-3-5-15(16)10-14/h3-12,18H,1-2H3. The summed E-state index contributed by atoms with van der Waals surface area (Å²) in [7, 11) is 0. The summed E-state index contributed by atoms with van der Waals surface area (Å²) in [5.41, 5.74) is 2.13. The lowest BCUT2D eigenvalue weighted by molar-refractivity contribution is 0.491. The van der Waals surface area contributed by atoms with Crippen molar-refractivity contribution in [3.8, 4) is 0 Å². The van der Waals surface area contributed by atoms with E-state index in [0.717, 1.165) is 5.56 Å². The van der Waals surface area contributed by atoms with Gasteiger partial charge in [-0.15, -0.1) is 0 Å².